The number of hydrogen-bond acceptors (Lipinski definition) is 2. The molecule has 82 valence electrons. The van der Waals surface area contributed by atoms with Crippen LogP contribution in [0.3, 0.4) is 0 Å². The standard InChI is InChI=1S/C11H7F2NOS/c12-8-1-2-9(13)10(5-8)14-11(15)7-3-4-16-6-7/h1-6H,(H,14,15). The molecule has 5 heteroatoms. The van der Waals surface area contributed by atoms with Crippen molar-refractivity contribution < 1.29 is 13.6 Å². The first kappa shape index (κ1) is 10.8. The van der Waals surface area contributed by atoms with Crippen LogP contribution in [0.2, 0.25) is 0 Å². The summed E-state index contributed by atoms with van der Waals surface area (Å²) >= 11 is 1.36. The van der Waals surface area contributed by atoms with E-state index in [9.17, 15) is 13.6 Å². The van der Waals surface area contributed by atoms with Crippen LogP contribution in [0.4, 0.5) is 14.5 Å². The molecular formula is C11H7F2NOS. The van der Waals surface area contributed by atoms with Crippen LogP contribution >= 0.6 is 11.3 Å². The fourth-order valence-corrected chi connectivity index (χ4v) is 1.82. The van der Waals surface area contributed by atoms with E-state index in [0.717, 1.165) is 18.2 Å². The highest BCUT2D eigenvalue weighted by Gasteiger charge is 2.10. The van der Waals surface area contributed by atoms with E-state index in [2.05, 4.69) is 5.32 Å². The topological polar surface area (TPSA) is 29.1 Å². The summed E-state index contributed by atoms with van der Waals surface area (Å²) in [6, 6.07) is 4.52. The predicted molar refractivity (Wildman–Crippen MR) is 58.6 cm³/mol. The normalized spacial score (nSPS) is 10.1. The van der Waals surface area contributed by atoms with Gasteiger partial charge in [0.05, 0.1) is 11.3 Å². The van der Waals surface area contributed by atoms with Crippen LogP contribution in [-0.2, 0) is 0 Å². The van der Waals surface area contributed by atoms with Crippen LogP contribution in [0.25, 0.3) is 0 Å². The molecule has 1 aromatic heterocycles. The number of thiophene rings is 1. The second-order valence-electron chi connectivity index (χ2n) is 3.09. The molecule has 0 radical (unpaired) electrons. The Kier molecular flexibility index (Phi) is 2.96. The maximum Gasteiger partial charge on any atom is 0.256 e. The number of nitrogens with one attached hydrogen (secondary N) is 1. The van der Waals surface area contributed by atoms with Gasteiger partial charge in [0.15, 0.2) is 0 Å². The largest absolute Gasteiger partial charge is 0.319 e. The lowest BCUT2D eigenvalue weighted by molar-refractivity contribution is 0.102. The molecule has 1 amide bonds. The van der Waals surface area contributed by atoms with Gasteiger partial charge < -0.3 is 5.32 Å². The molecule has 0 aliphatic heterocycles. The number of carbonyl (C=O) groups excluding carboxylic acids is 1. The third-order valence-corrected chi connectivity index (χ3v) is 2.64. The van der Waals surface area contributed by atoms with Gasteiger partial charge in [-0.15, -0.1) is 0 Å². The molecule has 1 N–H and O–H groups in total. The molecular weight excluding hydrogens is 232 g/mol. The smallest absolute Gasteiger partial charge is 0.256 e. The Morgan fingerprint density at radius 3 is 2.75 bits per heavy atom. The maximum atomic E-state index is 13.2. The van der Waals surface area contributed by atoms with Crippen molar-refractivity contribution in [1.82, 2.24) is 0 Å². The molecule has 1 heterocycles. The number of amides is 1. The van der Waals surface area contributed by atoms with Crippen LogP contribution in [0.1, 0.15) is 10.4 Å². The van der Waals surface area contributed by atoms with Crippen LogP contribution in [-0.4, -0.2) is 5.91 Å². The minimum absolute atomic E-state index is 0.156. The number of rotatable bonds is 2. The molecule has 2 nitrogen and oxygen atoms in total. The van der Waals surface area contributed by atoms with Gasteiger partial charge in [0, 0.05) is 11.4 Å². The van der Waals surface area contributed by atoms with Crippen LogP contribution in [0.5, 0.6) is 0 Å². The van der Waals surface area contributed by atoms with Crippen molar-refractivity contribution >= 4 is 22.9 Å². The molecule has 0 aliphatic rings. The average molecular weight is 239 g/mol. The van der Waals surface area contributed by atoms with E-state index >= 15 is 0 Å². The van der Waals surface area contributed by atoms with E-state index in [0.29, 0.717) is 5.56 Å². The molecule has 0 saturated carbocycles. The SMILES string of the molecule is O=C(Nc1cc(F)ccc1F)c1ccsc1. The summed E-state index contributed by atoms with van der Waals surface area (Å²) in [6.45, 7) is 0. The third-order valence-electron chi connectivity index (χ3n) is 1.96. The average Bonchev–Trinajstić information content (AvgIpc) is 2.76. The van der Waals surface area contributed by atoms with Gasteiger partial charge in [0.2, 0.25) is 0 Å². The van der Waals surface area contributed by atoms with E-state index in [-0.39, 0.29) is 5.69 Å². The number of anilines is 1. The van der Waals surface area contributed by atoms with Crippen molar-refractivity contribution in [3.05, 3.63) is 52.2 Å². The van der Waals surface area contributed by atoms with Gasteiger partial charge in [-0.1, -0.05) is 0 Å². The predicted octanol–water partition coefficient (Wildman–Crippen LogP) is 3.28. The second-order valence-corrected chi connectivity index (χ2v) is 3.87. The van der Waals surface area contributed by atoms with Gasteiger partial charge in [-0.3, -0.25) is 4.79 Å². The fourth-order valence-electron chi connectivity index (χ4n) is 1.18. The van der Waals surface area contributed by atoms with Crippen LogP contribution in [0.15, 0.2) is 35.0 Å². The first-order chi connectivity index (χ1) is 7.66. The van der Waals surface area contributed by atoms with Crippen molar-refractivity contribution in [3.63, 3.8) is 0 Å². The lowest BCUT2D eigenvalue weighted by atomic mass is 10.2. The van der Waals surface area contributed by atoms with Crippen molar-refractivity contribution in [2.24, 2.45) is 0 Å². The molecule has 0 atom stereocenters. The van der Waals surface area contributed by atoms with Crippen LogP contribution in [0, 0.1) is 11.6 Å². The van der Waals surface area contributed by atoms with E-state index in [1.54, 1.807) is 16.8 Å². The Morgan fingerprint density at radius 2 is 2.06 bits per heavy atom. The first-order valence-electron chi connectivity index (χ1n) is 4.45. The molecule has 0 aliphatic carbocycles. The van der Waals surface area contributed by atoms with Gasteiger partial charge in [-0.05, 0) is 23.6 Å². The zero-order chi connectivity index (χ0) is 11.5. The molecule has 2 aromatic rings. The number of carbonyl (C=O) groups is 1. The molecule has 16 heavy (non-hydrogen) atoms. The lowest BCUT2D eigenvalue weighted by Gasteiger charge is -2.04. The van der Waals surface area contributed by atoms with E-state index < -0.39 is 17.5 Å². The number of benzene rings is 1. The summed E-state index contributed by atoms with van der Waals surface area (Å²) in [5.41, 5.74) is 0.268. The van der Waals surface area contributed by atoms with Crippen molar-refractivity contribution in [2.45, 2.75) is 0 Å². The van der Waals surface area contributed by atoms with Crippen molar-refractivity contribution in [2.75, 3.05) is 5.32 Å². The maximum absolute atomic E-state index is 13.2. The molecule has 0 saturated heterocycles. The third kappa shape index (κ3) is 2.25. The zero-order valence-corrected chi connectivity index (χ0v) is 8.85. The van der Waals surface area contributed by atoms with Crippen molar-refractivity contribution in [1.29, 1.82) is 0 Å². The minimum Gasteiger partial charge on any atom is -0.319 e. The number of hydrogen-bond donors (Lipinski definition) is 1. The Morgan fingerprint density at radius 1 is 1.25 bits per heavy atom. The highest BCUT2D eigenvalue weighted by Crippen LogP contribution is 2.17. The summed E-state index contributed by atoms with van der Waals surface area (Å²) in [6.07, 6.45) is 0. The lowest BCUT2D eigenvalue weighted by Crippen LogP contribution is -2.12. The summed E-state index contributed by atoms with van der Waals surface area (Å²) in [7, 11) is 0. The first-order valence-corrected chi connectivity index (χ1v) is 5.40. The Bertz CT molecular complexity index is 511. The van der Waals surface area contributed by atoms with Gasteiger partial charge in [0.1, 0.15) is 11.6 Å². The van der Waals surface area contributed by atoms with E-state index in [4.69, 9.17) is 0 Å². The van der Waals surface area contributed by atoms with Gasteiger partial charge in [0.25, 0.3) is 5.91 Å². The van der Waals surface area contributed by atoms with E-state index in [1.807, 2.05) is 0 Å². The second kappa shape index (κ2) is 4.40. The van der Waals surface area contributed by atoms with Gasteiger partial charge in [-0.2, -0.15) is 11.3 Å². The number of halogens is 2. The van der Waals surface area contributed by atoms with Gasteiger partial charge in [-0.25, -0.2) is 8.78 Å². The van der Waals surface area contributed by atoms with Crippen molar-refractivity contribution in [3.8, 4) is 0 Å². The Hall–Kier alpha value is -1.75. The summed E-state index contributed by atoms with van der Waals surface area (Å²) in [4.78, 5) is 11.5. The minimum atomic E-state index is -0.662. The molecule has 2 rings (SSSR count). The molecule has 0 bridgehead atoms. The molecule has 0 unspecified atom stereocenters. The summed E-state index contributed by atoms with van der Waals surface area (Å²) in [5.74, 6) is -1.71. The molecule has 1 aromatic carbocycles. The Balaban J connectivity index is 2.21. The monoisotopic (exact) mass is 239 g/mol. The van der Waals surface area contributed by atoms with E-state index in [1.165, 1.54) is 11.3 Å². The fraction of sp³-hybridized carbons (Fsp3) is 0. The summed E-state index contributed by atoms with van der Waals surface area (Å²) in [5, 5.41) is 5.67. The molecule has 0 spiro atoms. The van der Waals surface area contributed by atoms with Crippen LogP contribution < -0.4 is 5.32 Å². The van der Waals surface area contributed by atoms with Gasteiger partial charge >= 0.3 is 0 Å². The quantitative estimate of drug-likeness (QED) is 0.856. The highest BCUT2D eigenvalue weighted by molar-refractivity contribution is 7.08. The zero-order valence-electron chi connectivity index (χ0n) is 8.04. The highest BCUT2D eigenvalue weighted by atomic mass is 32.1. The molecule has 0 fully saturated rings. The summed E-state index contributed by atoms with van der Waals surface area (Å²) < 4.78 is 26.0. The Labute approximate surface area is 94.5 Å².